The minimum absolute atomic E-state index is 0.189. The predicted molar refractivity (Wildman–Crippen MR) is 102 cm³/mol. The zero-order valence-corrected chi connectivity index (χ0v) is 15.7. The van der Waals surface area contributed by atoms with Crippen LogP contribution in [0.4, 0.5) is 0 Å². The van der Waals surface area contributed by atoms with Crippen LogP contribution in [0.1, 0.15) is 23.7 Å². The monoisotopic (exact) mass is 384 g/mol. The first-order valence-corrected chi connectivity index (χ1v) is 10.2. The molecule has 1 unspecified atom stereocenters. The van der Waals surface area contributed by atoms with Crippen molar-refractivity contribution >= 4 is 26.8 Å². The quantitative estimate of drug-likeness (QED) is 0.749. The molecular formula is C20H20N2O4S. The molecule has 1 aliphatic rings. The van der Waals surface area contributed by atoms with E-state index in [2.05, 4.69) is 0 Å². The van der Waals surface area contributed by atoms with Crippen molar-refractivity contribution in [1.82, 2.24) is 8.87 Å². The molecule has 1 N–H and O–H groups in total. The van der Waals surface area contributed by atoms with Gasteiger partial charge in [0.1, 0.15) is 0 Å². The largest absolute Gasteiger partial charge is 0.481 e. The van der Waals surface area contributed by atoms with Gasteiger partial charge in [-0.05, 0) is 42.0 Å². The highest BCUT2D eigenvalue weighted by atomic mass is 32.2. The lowest BCUT2D eigenvalue weighted by Gasteiger charge is -2.35. The molecule has 1 aliphatic heterocycles. The minimum Gasteiger partial charge on any atom is -0.481 e. The molecule has 4 rings (SSSR count). The van der Waals surface area contributed by atoms with Crippen LogP contribution in [0.3, 0.4) is 0 Å². The maximum absolute atomic E-state index is 13.3. The second-order valence-corrected chi connectivity index (χ2v) is 8.76. The van der Waals surface area contributed by atoms with Crippen LogP contribution in [0.5, 0.6) is 0 Å². The van der Waals surface area contributed by atoms with Gasteiger partial charge in [-0.25, -0.2) is 8.42 Å². The van der Waals surface area contributed by atoms with Crippen molar-refractivity contribution < 1.29 is 18.3 Å². The molecule has 7 heteroatoms. The standard InChI is InChI=1S/C20H20N2O4S/c1-14-4-5-16-12-17(7-6-15(16)11-14)27(25,26)22-10-9-21-8-2-3-18(21)19(22)13-20(23)24/h2-8,11-12,19H,9-10,13H2,1H3,(H,23,24). The molecule has 0 radical (unpaired) electrons. The third-order valence-corrected chi connectivity index (χ3v) is 6.96. The molecule has 2 aromatic carbocycles. The summed E-state index contributed by atoms with van der Waals surface area (Å²) < 4.78 is 29.9. The normalized spacial score (nSPS) is 17.7. The summed E-state index contributed by atoms with van der Waals surface area (Å²) in [4.78, 5) is 11.6. The number of aryl methyl sites for hydroxylation is 1. The number of aliphatic carboxylic acids is 1. The van der Waals surface area contributed by atoms with Crippen LogP contribution in [-0.4, -0.2) is 34.9 Å². The van der Waals surface area contributed by atoms with E-state index in [0.29, 0.717) is 12.2 Å². The van der Waals surface area contributed by atoms with E-state index in [1.165, 1.54) is 4.31 Å². The van der Waals surface area contributed by atoms with Gasteiger partial charge in [-0.1, -0.05) is 29.8 Å². The number of carboxylic acid groups (broad SMARTS) is 1. The van der Waals surface area contributed by atoms with E-state index < -0.39 is 22.0 Å². The molecule has 6 nitrogen and oxygen atoms in total. The maximum atomic E-state index is 13.3. The van der Waals surface area contributed by atoms with E-state index in [-0.39, 0.29) is 17.9 Å². The smallest absolute Gasteiger partial charge is 0.305 e. The van der Waals surface area contributed by atoms with Gasteiger partial charge in [0.25, 0.3) is 0 Å². The van der Waals surface area contributed by atoms with Crippen LogP contribution < -0.4 is 0 Å². The van der Waals surface area contributed by atoms with E-state index in [0.717, 1.165) is 16.3 Å². The Kier molecular flexibility index (Phi) is 4.28. The second kappa shape index (κ2) is 6.51. The van der Waals surface area contributed by atoms with Gasteiger partial charge in [0.15, 0.2) is 0 Å². The molecule has 0 saturated carbocycles. The fourth-order valence-corrected chi connectivity index (χ4v) is 5.37. The van der Waals surface area contributed by atoms with Gasteiger partial charge < -0.3 is 9.67 Å². The van der Waals surface area contributed by atoms with Gasteiger partial charge in [0.05, 0.1) is 17.4 Å². The van der Waals surface area contributed by atoms with Gasteiger partial charge in [-0.15, -0.1) is 0 Å². The van der Waals surface area contributed by atoms with Crippen molar-refractivity contribution in [3.63, 3.8) is 0 Å². The Hall–Kier alpha value is -2.64. The van der Waals surface area contributed by atoms with Crippen molar-refractivity contribution in [3.8, 4) is 0 Å². The molecule has 0 bridgehead atoms. The molecule has 140 valence electrons. The first-order chi connectivity index (χ1) is 12.9. The molecule has 0 saturated heterocycles. The Balaban J connectivity index is 1.78. The molecular weight excluding hydrogens is 364 g/mol. The van der Waals surface area contributed by atoms with E-state index in [1.807, 2.05) is 42.0 Å². The average Bonchev–Trinajstić information content (AvgIpc) is 3.10. The summed E-state index contributed by atoms with van der Waals surface area (Å²) in [5.41, 5.74) is 1.82. The first-order valence-electron chi connectivity index (χ1n) is 8.75. The van der Waals surface area contributed by atoms with E-state index in [9.17, 15) is 18.3 Å². The molecule has 2 heterocycles. The number of fused-ring (bicyclic) bond motifs is 2. The first kappa shape index (κ1) is 17.8. The maximum Gasteiger partial charge on any atom is 0.305 e. The highest BCUT2D eigenvalue weighted by Crippen LogP contribution is 2.34. The summed E-state index contributed by atoms with van der Waals surface area (Å²) in [6, 6.07) is 13.8. The van der Waals surface area contributed by atoms with Gasteiger partial charge >= 0.3 is 5.97 Å². The van der Waals surface area contributed by atoms with Crippen molar-refractivity contribution in [1.29, 1.82) is 0 Å². The molecule has 1 aromatic heterocycles. The summed E-state index contributed by atoms with van der Waals surface area (Å²) in [7, 11) is -3.82. The molecule has 0 fully saturated rings. The number of sulfonamides is 1. The number of rotatable bonds is 4. The Labute approximate surface area is 157 Å². The molecule has 27 heavy (non-hydrogen) atoms. The number of hydrogen-bond acceptors (Lipinski definition) is 3. The number of carbonyl (C=O) groups is 1. The molecule has 0 spiro atoms. The number of nitrogens with zero attached hydrogens (tertiary/aromatic N) is 2. The number of carboxylic acids is 1. The summed E-state index contributed by atoms with van der Waals surface area (Å²) >= 11 is 0. The topological polar surface area (TPSA) is 79.6 Å². The SMILES string of the molecule is Cc1ccc2cc(S(=O)(=O)N3CCn4cccc4C3CC(=O)O)ccc2c1. The van der Waals surface area contributed by atoms with E-state index in [4.69, 9.17) is 0 Å². The van der Waals surface area contributed by atoms with Crippen molar-refractivity contribution in [2.45, 2.75) is 30.8 Å². The third kappa shape index (κ3) is 3.13. The number of aromatic nitrogens is 1. The van der Waals surface area contributed by atoms with E-state index in [1.54, 1.807) is 24.3 Å². The summed E-state index contributed by atoms with van der Waals surface area (Å²) in [5, 5.41) is 11.1. The molecule has 0 amide bonds. The zero-order chi connectivity index (χ0) is 19.2. The van der Waals surface area contributed by atoms with Gasteiger partial charge in [-0.3, -0.25) is 4.79 Å². The van der Waals surface area contributed by atoms with Crippen LogP contribution in [0.25, 0.3) is 10.8 Å². The summed E-state index contributed by atoms with van der Waals surface area (Å²) in [6.45, 7) is 2.74. The fraction of sp³-hybridized carbons (Fsp3) is 0.250. The van der Waals surface area contributed by atoms with Crippen molar-refractivity contribution in [2.24, 2.45) is 0 Å². The van der Waals surface area contributed by atoms with Crippen molar-refractivity contribution in [2.75, 3.05) is 6.54 Å². The van der Waals surface area contributed by atoms with Crippen LogP contribution >= 0.6 is 0 Å². The molecule has 3 aromatic rings. The van der Waals surface area contributed by atoms with Gasteiger partial charge in [-0.2, -0.15) is 4.31 Å². The Morgan fingerprint density at radius 2 is 1.85 bits per heavy atom. The molecule has 1 atom stereocenters. The number of benzene rings is 2. The van der Waals surface area contributed by atoms with Gasteiger partial charge in [0.2, 0.25) is 10.0 Å². The Morgan fingerprint density at radius 1 is 1.11 bits per heavy atom. The van der Waals surface area contributed by atoms with Crippen LogP contribution in [-0.2, 0) is 21.4 Å². The highest BCUT2D eigenvalue weighted by Gasteiger charge is 2.37. The summed E-state index contributed by atoms with van der Waals surface area (Å²) in [5.74, 6) is -1.02. The minimum atomic E-state index is -3.82. The second-order valence-electron chi connectivity index (χ2n) is 6.87. The van der Waals surface area contributed by atoms with Gasteiger partial charge in [0, 0.05) is 25.0 Å². The third-order valence-electron chi connectivity index (χ3n) is 5.06. The fourth-order valence-electron chi connectivity index (χ4n) is 3.74. The Bertz CT molecular complexity index is 1130. The Morgan fingerprint density at radius 3 is 2.63 bits per heavy atom. The predicted octanol–water partition coefficient (Wildman–Crippen LogP) is 3.17. The molecule has 0 aliphatic carbocycles. The highest BCUT2D eigenvalue weighted by molar-refractivity contribution is 7.89. The van der Waals surface area contributed by atoms with Crippen LogP contribution in [0.2, 0.25) is 0 Å². The lowest BCUT2D eigenvalue weighted by molar-refractivity contribution is -0.138. The van der Waals surface area contributed by atoms with E-state index >= 15 is 0 Å². The summed E-state index contributed by atoms with van der Waals surface area (Å²) in [6.07, 6.45) is 1.59. The van der Waals surface area contributed by atoms with Crippen molar-refractivity contribution in [3.05, 3.63) is 66.0 Å². The average molecular weight is 384 g/mol. The van der Waals surface area contributed by atoms with Crippen LogP contribution in [0, 0.1) is 6.92 Å². The van der Waals surface area contributed by atoms with Crippen LogP contribution in [0.15, 0.2) is 59.6 Å². The lowest BCUT2D eigenvalue weighted by atomic mass is 10.1. The zero-order valence-electron chi connectivity index (χ0n) is 14.9. The number of hydrogen-bond donors (Lipinski definition) is 1. The lowest BCUT2D eigenvalue weighted by Crippen LogP contribution is -2.42.